The molecule has 0 fully saturated rings. The quantitative estimate of drug-likeness (QED) is 0.392. The zero-order valence-electron chi connectivity index (χ0n) is 15.5. The van der Waals surface area contributed by atoms with Crippen LogP contribution in [0.1, 0.15) is 88.4 Å². The van der Waals surface area contributed by atoms with E-state index in [1.807, 2.05) is 4.90 Å². The van der Waals surface area contributed by atoms with Crippen LogP contribution < -0.4 is 0 Å². The van der Waals surface area contributed by atoms with Crippen molar-refractivity contribution in [3.05, 3.63) is 35.6 Å². The molecule has 0 bridgehead atoms. The molecule has 1 aromatic carbocycles. The van der Waals surface area contributed by atoms with E-state index in [9.17, 15) is 9.18 Å². The van der Waals surface area contributed by atoms with Crippen LogP contribution in [0.5, 0.6) is 0 Å². The first kappa shape index (κ1) is 20.7. The van der Waals surface area contributed by atoms with Crippen LogP contribution in [0.3, 0.4) is 0 Å². The van der Waals surface area contributed by atoms with Gasteiger partial charge in [-0.2, -0.15) is 0 Å². The highest BCUT2D eigenvalue weighted by Crippen LogP contribution is 2.12. The largest absolute Gasteiger partial charge is 0.339 e. The number of carbonyl (C=O) groups is 1. The lowest BCUT2D eigenvalue weighted by molar-refractivity contribution is 0.0749. The van der Waals surface area contributed by atoms with Crippen LogP contribution in [0, 0.1) is 5.82 Å². The molecule has 0 atom stereocenters. The van der Waals surface area contributed by atoms with Crippen LogP contribution in [0.25, 0.3) is 0 Å². The molecule has 24 heavy (non-hydrogen) atoms. The van der Waals surface area contributed by atoms with E-state index in [0.717, 1.165) is 25.9 Å². The molecule has 1 amide bonds. The van der Waals surface area contributed by atoms with Gasteiger partial charge in [0, 0.05) is 18.7 Å². The third-order valence-electron chi connectivity index (χ3n) is 4.44. The summed E-state index contributed by atoms with van der Waals surface area (Å²) in [5.74, 6) is -0.252. The van der Waals surface area contributed by atoms with Gasteiger partial charge in [0.25, 0.3) is 5.91 Å². The van der Waals surface area contributed by atoms with Crippen molar-refractivity contribution < 1.29 is 9.18 Å². The highest BCUT2D eigenvalue weighted by molar-refractivity contribution is 5.94. The van der Waals surface area contributed by atoms with Gasteiger partial charge in [0.05, 0.1) is 0 Å². The Bertz CT molecular complexity index is 430. The maximum Gasteiger partial charge on any atom is 0.253 e. The first-order valence-corrected chi connectivity index (χ1v) is 9.73. The molecule has 3 heteroatoms. The fourth-order valence-electron chi connectivity index (χ4n) is 2.90. The monoisotopic (exact) mass is 335 g/mol. The summed E-state index contributed by atoms with van der Waals surface area (Å²) in [7, 11) is 0. The smallest absolute Gasteiger partial charge is 0.253 e. The number of benzene rings is 1. The van der Waals surface area contributed by atoms with E-state index >= 15 is 0 Å². The zero-order chi connectivity index (χ0) is 17.6. The lowest BCUT2D eigenvalue weighted by Gasteiger charge is -2.23. The second kappa shape index (κ2) is 13.0. The van der Waals surface area contributed by atoms with Crippen molar-refractivity contribution in [2.24, 2.45) is 0 Å². The van der Waals surface area contributed by atoms with Crippen molar-refractivity contribution in [3.63, 3.8) is 0 Å². The molecule has 1 aromatic rings. The van der Waals surface area contributed by atoms with Gasteiger partial charge in [-0.15, -0.1) is 0 Å². The predicted molar refractivity (Wildman–Crippen MR) is 99.8 cm³/mol. The second-order valence-corrected chi connectivity index (χ2v) is 6.63. The third-order valence-corrected chi connectivity index (χ3v) is 4.44. The minimum Gasteiger partial charge on any atom is -0.339 e. The Balaban J connectivity index is 2.51. The summed E-state index contributed by atoms with van der Waals surface area (Å²) < 4.78 is 13.1. The molecule has 1 rings (SSSR count). The minimum atomic E-state index is -0.294. The number of hydrogen-bond donors (Lipinski definition) is 0. The summed E-state index contributed by atoms with van der Waals surface area (Å²) in [6.07, 6.45) is 12.0. The lowest BCUT2D eigenvalue weighted by Crippen LogP contribution is -2.33. The Morgan fingerprint density at radius 1 is 0.792 bits per heavy atom. The Morgan fingerprint density at radius 2 is 1.25 bits per heavy atom. The van der Waals surface area contributed by atoms with Crippen LogP contribution in [0.4, 0.5) is 4.39 Å². The standard InChI is InChI=1S/C21H34FNO/c1-3-5-7-9-11-17-23(18-12-10-8-6-4-2)21(24)19-13-15-20(22)16-14-19/h13-16H,3-12,17-18H2,1-2H3. The topological polar surface area (TPSA) is 20.3 Å². The number of unbranched alkanes of at least 4 members (excludes halogenated alkanes) is 8. The fourth-order valence-corrected chi connectivity index (χ4v) is 2.90. The van der Waals surface area contributed by atoms with Gasteiger partial charge >= 0.3 is 0 Å². The molecule has 0 heterocycles. The van der Waals surface area contributed by atoms with Crippen LogP contribution >= 0.6 is 0 Å². The van der Waals surface area contributed by atoms with Gasteiger partial charge in [0.15, 0.2) is 0 Å². The second-order valence-electron chi connectivity index (χ2n) is 6.63. The maximum absolute atomic E-state index is 13.1. The Kier molecular flexibility index (Phi) is 11.2. The van der Waals surface area contributed by atoms with E-state index in [2.05, 4.69) is 13.8 Å². The minimum absolute atomic E-state index is 0.0426. The summed E-state index contributed by atoms with van der Waals surface area (Å²) >= 11 is 0. The molecule has 0 aliphatic rings. The number of carbonyl (C=O) groups excluding carboxylic acids is 1. The van der Waals surface area contributed by atoms with E-state index in [-0.39, 0.29) is 11.7 Å². The molecule has 0 unspecified atom stereocenters. The molecule has 0 aliphatic heterocycles. The normalized spacial score (nSPS) is 10.8. The van der Waals surface area contributed by atoms with Crippen molar-refractivity contribution in [1.29, 1.82) is 0 Å². The third kappa shape index (κ3) is 8.47. The Labute approximate surface area is 147 Å². The molecule has 136 valence electrons. The van der Waals surface area contributed by atoms with Crippen molar-refractivity contribution in [2.45, 2.75) is 78.1 Å². The summed E-state index contributed by atoms with van der Waals surface area (Å²) in [5.41, 5.74) is 0.596. The zero-order valence-corrected chi connectivity index (χ0v) is 15.5. The molecule has 2 nitrogen and oxygen atoms in total. The number of rotatable bonds is 13. The van der Waals surface area contributed by atoms with E-state index in [1.54, 1.807) is 12.1 Å². The number of halogens is 1. The van der Waals surface area contributed by atoms with E-state index < -0.39 is 0 Å². The van der Waals surface area contributed by atoms with Crippen molar-refractivity contribution in [3.8, 4) is 0 Å². The van der Waals surface area contributed by atoms with Crippen LogP contribution in [0.15, 0.2) is 24.3 Å². The highest BCUT2D eigenvalue weighted by Gasteiger charge is 2.15. The molecule has 0 radical (unpaired) electrons. The average Bonchev–Trinajstić information content (AvgIpc) is 2.59. The molecular formula is C21H34FNO. The molecule has 0 aromatic heterocycles. The molecule has 0 aliphatic carbocycles. The first-order chi connectivity index (χ1) is 11.7. The van der Waals surface area contributed by atoms with Crippen LogP contribution in [0.2, 0.25) is 0 Å². The lowest BCUT2D eigenvalue weighted by atomic mass is 10.1. The van der Waals surface area contributed by atoms with E-state index in [1.165, 1.54) is 63.5 Å². The van der Waals surface area contributed by atoms with Gasteiger partial charge in [0.1, 0.15) is 5.82 Å². The summed E-state index contributed by atoms with van der Waals surface area (Å²) in [6.45, 7) is 6.04. The van der Waals surface area contributed by atoms with E-state index in [0.29, 0.717) is 5.56 Å². The molecule has 0 N–H and O–H groups in total. The molecule has 0 saturated carbocycles. The highest BCUT2D eigenvalue weighted by atomic mass is 19.1. The first-order valence-electron chi connectivity index (χ1n) is 9.73. The number of amides is 1. The van der Waals surface area contributed by atoms with Gasteiger partial charge in [-0.1, -0.05) is 65.2 Å². The summed E-state index contributed by atoms with van der Waals surface area (Å²) in [6, 6.07) is 5.93. The van der Waals surface area contributed by atoms with Crippen LogP contribution in [-0.2, 0) is 0 Å². The van der Waals surface area contributed by atoms with Gasteiger partial charge in [-0.3, -0.25) is 4.79 Å². The van der Waals surface area contributed by atoms with Crippen molar-refractivity contribution in [1.82, 2.24) is 4.90 Å². The van der Waals surface area contributed by atoms with Gasteiger partial charge in [0.2, 0.25) is 0 Å². The number of hydrogen-bond acceptors (Lipinski definition) is 1. The fraction of sp³-hybridized carbons (Fsp3) is 0.667. The van der Waals surface area contributed by atoms with Crippen LogP contribution in [-0.4, -0.2) is 23.9 Å². The number of nitrogens with zero attached hydrogens (tertiary/aromatic N) is 1. The van der Waals surface area contributed by atoms with Crippen molar-refractivity contribution in [2.75, 3.05) is 13.1 Å². The van der Waals surface area contributed by atoms with Crippen molar-refractivity contribution >= 4 is 5.91 Å². The molecule has 0 spiro atoms. The summed E-state index contributed by atoms with van der Waals surface area (Å²) in [4.78, 5) is 14.7. The maximum atomic E-state index is 13.1. The molecular weight excluding hydrogens is 301 g/mol. The van der Waals surface area contributed by atoms with Gasteiger partial charge < -0.3 is 4.90 Å². The predicted octanol–water partition coefficient (Wildman–Crippen LogP) is 6.21. The summed E-state index contributed by atoms with van der Waals surface area (Å²) in [5, 5.41) is 0. The Hall–Kier alpha value is -1.38. The van der Waals surface area contributed by atoms with E-state index in [4.69, 9.17) is 0 Å². The SMILES string of the molecule is CCCCCCCN(CCCCCCC)C(=O)c1ccc(F)cc1. The van der Waals surface area contributed by atoms with Gasteiger partial charge in [-0.05, 0) is 37.1 Å². The molecule has 0 saturated heterocycles. The Morgan fingerprint density at radius 3 is 1.71 bits per heavy atom. The van der Waals surface area contributed by atoms with Gasteiger partial charge in [-0.25, -0.2) is 4.39 Å². The average molecular weight is 336 g/mol.